The lowest BCUT2D eigenvalue weighted by molar-refractivity contribution is -0.385. The number of hydrogen-bond acceptors (Lipinski definition) is 13. The predicted octanol–water partition coefficient (Wildman–Crippen LogP) is 2.09. The number of aromatic nitrogens is 2. The molecule has 0 radical (unpaired) electrons. The van der Waals surface area contributed by atoms with Gasteiger partial charge in [0.25, 0.3) is 11.4 Å². The second kappa shape index (κ2) is 15.3. The van der Waals surface area contributed by atoms with Gasteiger partial charge in [-0.1, -0.05) is 24.3 Å². The first-order valence-corrected chi connectivity index (χ1v) is 13.8. The van der Waals surface area contributed by atoms with E-state index in [0.29, 0.717) is 12.8 Å². The van der Waals surface area contributed by atoms with Crippen molar-refractivity contribution in [3.8, 4) is 0 Å². The fourth-order valence-electron chi connectivity index (χ4n) is 4.49. The quantitative estimate of drug-likeness (QED) is 0.132. The first-order valence-electron chi connectivity index (χ1n) is 13.8. The number of nitro groups is 2. The average molecular weight is 630 g/mol. The summed E-state index contributed by atoms with van der Waals surface area (Å²) in [6.07, 6.45) is -4.48. The van der Waals surface area contributed by atoms with E-state index >= 15 is 0 Å². The van der Waals surface area contributed by atoms with Crippen LogP contribution in [-0.4, -0.2) is 80.1 Å². The number of ether oxygens (including phenoxy) is 4. The average Bonchev–Trinajstić information content (AvgIpc) is 3.32. The minimum Gasteiger partial charge on any atom is -0.449 e. The molecule has 1 unspecified atom stereocenters. The standard InChI is InChI=1S/C28H31N5O12/c1-17(42-14-11-18-2-6-20(7-3-18)32(38)39)44-25-24(35)22(16-34)45-26(25)31-13-10-23(29-27(31)36)30-28(37)43-15-12-19-4-8-21(9-5-19)33(40)41/h2-10,13,17,22,24-26,34-35H,11-12,14-16H2,1H3,(H,29,30,36,37)/t17?,22-,24-,25-,26-/m1/s1. The Labute approximate surface area is 255 Å². The number of anilines is 1. The molecule has 1 aliphatic heterocycles. The third kappa shape index (κ3) is 8.87. The van der Waals surface area contributed by atoms with Crippen molar-refractivity contribution < 1.29 is 43.8 Å². The molecule has 0 spiro atoms. The van der Waals surface area contributed by atoms with Crippen LogP contribution in [0.25, 0.3) is 0 Å². The fraction of sp³-hybridized carbons (Fsp3) is 0.393. The molecule has 5 atom stereocenters. The Bertz CT molecular complexity index is 1530. The normalized spacial score (nSPS) is 20.0. The highest BCUT2D eigenvalue weighted by atomic mass is 16.7. The van der Waals surface area contributed by atoms with Gasteiger partial charge in [-0.15, -0.1) is 0 Å². The Morgan fingerprint density at radius 2 is 1.60 bits per heavy atom. The van der Waals surface area contributed by atoms with Gasteiger partial charge in [0, 0.05) is 36.9 Å². The van der Waals surface area contributed by atoms with E-state index in [0.717, 1.165) is 15.7 Å². The number of non-ortho nitro benzene ring substituents is 2. The lowest BCUT2D eigenvalue weighted by Crippen LogP contribution is -2.40. The summed E-state index contributed by atoms with van der Waals surface area (Å²) in [6.45, 7) is 1.17. The van der Waals surface area contributed by atoms with Gasteiger partial charge in [-0.05, 0) is 30.5 Å². The molecule has 3 aromatic rings. The van der Waals surface area contributed by atoms with E-state index in [1.807, 2.05) is 0 Å². The first kappa shape index (κ1) is 33.1. The van der Waals surface area contributed by atoms with E-state index in [1.54, 1.807) is 31.2 Å². The van der Waals surface area contributed by atoms with Crippen LogP contribution in [0.15, 0.2) is 65.6 Å². The smallest absolute Gasteiger partial charge is 0.412 e. The molecule has 1 amide bonds. The summed E-state index contributed by atoms with van der Waals surface area (Å²) in [7, 11) is 0. The van der Waals surface area contributed by atoms with Crippen molar-refractivity contribution in [2.45, 2.75) is 50.6 Å². The molecule has 2 aromatic carbocycles. The summed E-state index contributed by atoms with van der Waals surface area (Å²) in [4.78, 5) is 49.4. The lowest BCUT2D eigenvalue weighted by atomic mass is 10.1. The molecule has 17 nitrogen and oxygen atoms in total. The van der Waals surface area contributed by atoms with Crippen LogP contribution in [0.1, 0.15) is 24.3 Å². The molecular weight excluding hydrogens is 598 g/mol. The van der Waals surface area contributed by atoms with Gasteiger partial charge in [-0.25, -0.2) is 9.59 Å². The van der Waals surface area contributed by atoms with Gasteiger partial charge in [0.05, 0.1) is 29.7 Å². The van der Waals surface area contributed by atoms with Gasteiger partial charge in [-0.2, -0.15) is 4.98 Å². The third-order valence-electron chi connectivity index (χ3n) is 6.84. The summed E-state index contributed by atoms with van der Waals surface area (Å²) in [5.74, 6) is -0.116. The predicted molar refractivity (Wildman–Crippen MR) is 154 cm³/mol. The number of aliphatic hydroxyl groups is 2. The van der Waals surface area contributed by atoms with E-state index in [9.17, 15) is 40.0 Å². The number of carbonyl (C=O) groups is 1. The zero-order valence-electron chi connectivity index (χ0n) is 24.0. The summed E-state index contributed by atoms with van der Waals surface area (Å²) in [5, 5.41) is 44.3. The molecule has 1 aliphatic rings. The highest BCUT2D eigenvalue weighted by molar-refractivity contribution is 5.83. The Kier molecular flexibility index (Phi) is 11.2. The van der Waals surface area contributed by atoms with Crippen molar-refractivity contribution in [3.63, 3.8) is 0 Å². The van der Waals surface area contributed by atoms with Gasteiger partial charge in [0.15, 0.2) is 12.5 Å². The zero-order valence-corrected chi connectivity index (χ0v) is 24.0. The summed E-state index contributed by atoms with van der Waals surface area (Å²) < 4.78 is 23.3. The fourth-order valence-corrected chi connectivity index (χ4v) is 4.49. The molecular formula is C28H31N5O12. The molecule has 45 heavy (non-hydrogen) atoms. The van der Waals surface area contributed by atoms with Gasteiger partial charge in [0.1, 0.15) is 24.1 Å². The van der Waals surface area contributed by atoms with Crippen LogP contribution >= 0.6 is 0 Å². The third-order valence-corrected chi connectivity index (χ3v) is 6.84. The van der Waals surface area contributed by atoms with Crippen LogP contribution in [0.2, 0.25) is 0 Å². The van der Waals surface area contributed by atoms with E-state index in [4.69, 9.17) is 18.9 Å². The molecule has 17 heteroatoms. The van der Waals surface area contributed by atoms with E-state index in [-0.39, 0.29) is 30.4 Å². The number of benzene rings is 2. The molecule has 2 heterocycles. The molecule has 1 fully saturated rings. The summed E-state index contributed by atoms with van der Waals surface area (Å²) in [5.41, 5.74) is 0.585. The van der Waals surface area contributed by atoms with Crippen LogP contribution in [0.5, 0.6) is 0 Å². The van der Waals surface area contributed by atoms with Crippen LogP contribution in [-0.2, 0) is 31.8 Å². The van der Waals surface area contributed by atoms with Crippen LogP contribution in [0.3, 0.4) is 0 Å². The summed E-state index contributed by atoms with van der Waals surface area (Å²) in [6, 6.07) is 13.1. The lowest BCUT2D eigenvalue weighted by Gasteiger charge is -2.25. The van der Waals surface area contributed by atoms with Crippen molar-refractivity contribution in [1.82, 2.24) is 9.55 Å². The number of nitrogens with one attached hydrogen (secondary N) is 1. The van der Waals surface area contributed by atoms with Crippen molar-refractivity contribution >= 4 is 23.3 Å². The van der Waals surface area contributed by atoms with Gasteiger partial charge >= 0.3 is 11.8 Å². The number of amides is 1. The van der Waals surface area contributed by atoms with Gasteiger partial charge in [0.2, 0.25) is 0 Å². The van der Waals surface area contributed by atoms with Gasteiger partial charge < -0.3 is 29.2 Å². The number of hydrogen-bond donors (Lipinski definition) is 3. The monoisotopic (exact) mass is 629 g/mol. The second-order valence-corrected chi connectivity index (χ2v) is 9.89. The number of carbonyl (C=O) groups excluding carboxylic acids is 1. The Morgan fingerprint density at radius 3 is 2.13 bits per heavy atom. The number of nitro benzene ring substituents is 2. The van der Waals surface area contributed by atoms with Crippen LogP contribution in [0, 0.1) is 20.2 Å². The van der Waals surface area contributed by atoms with Crippen molar-refractivity contribution in [1.29, 1.82) is 0 Å². The van der Waals surface area contributed by atoms with Crippen LogP contribution in [0.4, 0.5) is 22.0 Å². The van der Waals surface area contributed by atoms with Crippen molar-refractivity contribution in [2.24, 2.45) is 0 Å². The molecule has 0 aliphatic carbocycles. The number of aliphatic hydroxyl groups excluding tert-OH is 2. The van der Waals surface area contributed by atoms with Crippen LogP contribution < -0.4 is 11.0 Å². The zero-order chi connectivity index (χ0) is 32.5. The van der Waals surface area contributed by atoms with E-state index in [2.05, 4.69) is 10.3 Å². The maximum absolute atomic E-state index is 12.9. The Hall–Kier alpha value is -4.81. The van der Waals surface area contributed by atoms with Gasteiger partial charge in [-0.3, -0.25) is 30.1 Å². The maximum Gasteiger partial charge on any atom is 0.412 e. The summed E-state index contributed by atoms with van der Waals surface area (Å²) >= 11 is 0. The molecule has 240 valence electrons. The van der Waals surface area contributed by atoms with E-state index in [1.165, 1.54) is 36.5 Å². The molecule has 3 N–H and O–H groups in total. The van der Waals surface area contributed by atoms with Crippen molar-refractivity contribution in [2.75, 3.05) is 25.1 Å². The molecule has 1 aromatic heterocycles. The first-order chi connectivity index (χ1) is 21.5. The maximum atomic E-state index is 12.9. The molecule has 1 saturated heterocycles. The van der Waals surface area contributed by atoms with Crippen molar-refractivity contribution in [3.05, 3.63) is 103 Å². The number of rotatable bonds is 14. The molecule has 0 bridgehead atoms. The second-order valence-electron chi connectivity index (χ2n) is 9.89. The number of nitrogens with zero attached hydrogens (tertiary/aromatic N) is 4. The SMILES string of the molecule is CC(OCCc1ccc([N+](=O)[O-])cc1)O[C@@H]1[C@H](O)[C@@H](CO)O[C@H]1n1ccc(NC(=O)OCCc2ccc([N+](=O)[O-])cc2)nc1=O. The minimum atomic E-state index is -1.32. The topological polar surface area (TPSA) is 228 Å². The minimum absolute atomic E-state index is 0.0265. The molecule has 0 saturated carbocycles. The highest BCUT2D eigenvalue weighted by Crippen LogP contribution is 2.32. The highest BCUT2D eigenvalue weighted by Gasteiger charge is 2.46. The largest absolute Gasteiger partial charge is 0.449 e. The van der Waals surface area contributed by atoms with E-state index < -0.39 is 59.1 Å². The Morgan fingerprint density at radius 1 is 1.02 bits per heavy atom. The Balaban J connectivity index is 1.31. The molecule has 4 rings (SSSR count).